The van der Waals surface area contributed by atoms with Crippen molar-refractivity contribution >= 4 is 58.2 Å². The predicted octanol–water partition coefficient (Wildman–Crippen LogP) is 6.03. The molecule has 47 heavy (non-hydrogen) atoms. The summed E-state index contributed by atoms with van der Waals surface area (Å²) in [6, 6.07) is 17.0. The number of methoxy groups -OCH3 is 1. The lowest BCUT2D eigenvalue weighted by atomic mass is 9.95. The SMILES string of the molecule is CCOC(=O)C1=C(C)NC(=O)N[C@@H]1c1ccc(OCC(=O)N/N=C/c2c(C)n(Cc3ccc(Cl)cc3Cl)c3ccccc23)c(OC)c1. The Kier molecular flexibility index (Phi) is 10.4. The molecule has 0 saturated heterocycles. The quantitative estimate of drug-likeness (QED) is 0.101. The zero-order valence-electron chi connectivity index (χ0n) is 26.1. The maximum absolute atomic E-state index is 12.7. The van der Waals surface area contributed by atoms with Crippen LogP contribution in [0.25, 0.3) is 10.9 Å². The van der Waals surface area contributed by atoms with Crippen molar-refractivity contribution in [3.8, 4) is 11.5 Å². The molecule has 2 heterocycles. The Hall–Kier alpha value is -5.00. The average Bonchev–Trinajstić information content (AvgIpc) is 3.30. The summed E-state index contributed by atoms with van der Waals surface area (Å²) in [6.45, 7) is 5.68. The average molecular weight is 679 g/mol. The molecule has 3 aromatic carbocycles. The van der Waals surface area contributed by atoms with Crippen molar-refractivity contribution in [1.29, 1.82) is 0 Å². The van der Waals surface area contributed by atoms with Crippen LogP contribution in [0.4, 0.5) is 4.79 Å². The number of halogens is 2. The largest absolute Gasteiger partial charge is 0.493 e. The van der Waals surface area contributed by atoms with Gasteiger partial charge in [0.2, 0.25) is 0 Å². The van der Waals surface area contributed by atoms with E-state index in [1.165, 1.54) is 7.11 Å². The number of nitrogens with one attached hydrogen (secondary N) is 3. The van der Waals surface area contributed by atoms with Gasteiger partial charge in [0.15, 0.2) is 18.1 Å². The second kappa shape index (κ2) is 14.6. The topological polar surface area (TPSA) is 132 Å². The van der Waals surface area contributed by atoms with E-state index in [9.17, 15) is 14.4 Å². The van der Waals surface area contributed by atoms with E-state index in [1.807, 2.05) is 43.3 Å². The van der Waals surface area contributed by atoms with Crippen LogP contribution in [0.5, 0.6) is 11.5 Å². The summed E-state index contributed by atoms with van der Waals surface area (Å²) in [5, 5.41) is 11.7. The number of hydrogen-bond donors (Lipinski definition) is 3. The Morgan fingerprint density at radius 2 is 1.85 bits per heavy atom. The molecule has 0 fully saturated rings. The fraction of sp³-hybridized carbons (Fsp3) is 0.235. The van der Waals surface area contributed by atoms with Crippen molar-refractivity contribution < 1.29 is 28.6 Å². The van der Waals surface area contributed by atoms with Gasteiger partial charge in [0.1, 0.15) is 0 Å². The Labute approximate surface area is 281 Å². The second-order valence-corrected chi connectivity index (χ2v) is 11.5. The molecule has 11 nitrogen and oxygen atoms in total. The number of ether oxygens (including phenoxy) is 3. The van der Waals surface area contributed by atoms with E-state index < -0.39 is 23.9 Å². The molecule has 244 valence electrons. The zero-order chi connectivity index (χ0) is 33.7. The van der Waals surface area contributed by atoms with Crippen LogP contribution in [0.2, 0.25) is 10.0 Å². The molecule has 0 aliphatic carbocycles. The van der Waals surface area contributed by atoms with Crippen LogP contribution >= 0.6 is 23.2 Å². The highest BCUT2D eigenvalue weighted by Gasteiger charge is 2.32. The first-order valence-electron chi connectivity index (χ1n) is 14.7. The fourth-order valence-corrected chi connectivity index (χ4v) is 5.86. The van der Waals surface area contributed by atoms with E-state index in [0.717, 1.165) is 27.7 Å². The third kappa shape index (κ3) is 7.37. The van der Waals surface area contributed by atoms with E-state index in [0.29, 0.717) is 33.6 Å². The molecular weight excluding hydrogens is 645 g/mol. The zero-order valence-corrected chi connectivity index (χ0v) is 27.7. The Morgan fingerprint density at radius 1 is 1.06 bits per heavy atom. The van der Waals surface area contributed by atoms with E-state index >= 15 is 0 Å². The van der Waals surface area contributed by atoms with E-state index in [-0.39, 0.29) is 24.5 Å². The van der Waals surface area contributed by atoms with E-state index in [4.69, 9.17) is 37.4 Å². The van der Waals surface area contributed by atoms with Gasteiger partial charge in [-0.15, -0.1) is 0 Å². The molecular formula is C34H33Cl2N5O6. The van der Waals surface area contributed by atoms with Crippen molar-refractivity contribution in [2.24, 2.45) is 5.10 Å². The second-order valence-electron chi connectivity index (χ2n) is 10.6. The number of para-hydroxylation sites is 1. The third-order valence-corrected chi connectivity index (χ3v) is 8.24. The molecule has 5 rings (SSSR count). The maximum Gasteiger partial charge on any atom is 0.338 e. The van der Waals surface area contributed by atoms with E-state index in [1.54, 1.807) is 44.3 Å². The molecule has 1 aliphatic heterocycles. The molecule has 1 aliphatic rings. The van der Waals surface area contributed by atoms with Crippen LogP contribution in [-0.4, -0.2) is 49.0 Å². The number of rotatable bonds is 11. The lowest BCUT2D eigenvalue weighted by Crippen LogP contribution is -2.45. The Morgan fingerprint density at radius 3 is 2.60 bits per heavy atom. The van der Waals surface area contributed by atoms with Gasteiger partial charge in [0.25, 0.3) is 5.91 Å². The standard InChI is InChI=1S/C34H33Cl2N5O6/c1-5-46-33(43)31-19(2)38-34(44)39-32(31)21-11-13-28(29(14-21)45-4)47-18-30(42)40-37-16-25-20(3)41(27-9-7-6-8-24(25)27)17-22-10-12-23(35)15-26(22)36/h6-16,32H,5,17-18H2,1-4H3,(H,40,42)(H2,38,39,44)/b37-16+/t32-/m1/s1. The van der Waals surface area contributed by atoms with Crippen molar-refractivity contribution in [1.82, 2.24) is 20.6 Å². The van der Waals surface area contributed by atoms with Gasteiger partial charge in [-0.05, 0) is 62.2 Å². The van der Waals surface area contributed by atoms with Gasteiger partial charge < -0.3 is 29.4 Å². The molecule has 3 amide bonds. The molecule has 1 aromatic heterocycles. The molecule has 0 unspecified atom stereocenters. The third-order valence-electron chi connectivity index (χ3n) is 7.65. The molecule has 4 aromatic rings. The Balaban J connectivity index is 1.27. The van der Waals surface area contributed by atoms with Gasteiger partial charge in [-0.2, -0.15) is 5.10 Å². The number of hydrazone groups is 1. The van der Waals surface area contributed by atoms with Crippen molar-refractivity contribution in [3.05, 3.63) is 104 Å². The van der Waals surface area contributed by atoms with Crippen LogP contribution in [0.3, 0.4) is 0 Å². The highest BCUT2D eigenvalue weighted by atomic mass is 35.5. The summed E-state index contributed by atoms with van der Waals surface area (Å²) in [7, 11) is 1.45. The molecule has 1 atom stereocenters. The number of urea groups is 1. The lowest BCUT2D eigenvalue weighted by molar-refractivity contribution is -0.139. The summed E-state index contributed by atoms with van der Waals surface area (Å²) in [6.07, 6.45) is 1.61. The maximum atomic E-state index is 12.7. The van der Waals surface area contributed by atoms with Gasteiger partial charge in [-0.1, -0.05) is 53.5 Å². The number of benzene rings is 3. The van der Waals surface area contributed by atoms with Gasteiger partial charge in [0.05, 0.1) is 31.5 Å². The van der Waals surface area contributed by atoms with E-state index in [2.05, 4.69) is 25.7 Å². The van der Waals surface area contributed by atoms with Crippen LogP contribution < -0.4 is 25.5 Å². The number of hydrogen-bond acceptors (Lipinski definition) is 7. The monoisotopic (exact) mass is 677 g/mol. The number of carbonyl (C=O) groups excluding carboxylic acids is 3. The minimum Gasteiger partial charge on any atom is -0.493 e. The minimum atomic E-state index is -0.777. The fourth-order valence-electron chi connectivity index (χ4n) is 5.40. The summed E-state index contributed by atoms with van der Waals surface area (Å²) >= 11 is 12.5. The summed E-state index contributed by atoms with van der Waals surface area (Å²) < 4.78 is 18.6. The number of nitrogens with zero attached hydrogens (tertiary/aromatic N) is 2. The summed E-state index contributed by atoms with van der Waals surface area (Å²) in [5.41, 5.74) is 7.44. The summed E-state index contributed by atoms with van der Waals surface area (Å²) in [4.78, 5) is 37.6. The van der Waals surface area contributed by atoms with Gasteiger partial charge in [0, 0.05) is 44.4 Å². The van der Waals surface area contributed by atoms with Crippen molar-refractivity contribution in [3.63, 3.8) is 0 Å². The molecule has 0 bridgehead atoms. The van der Waals surface area contributed by atoms with Gasteiger partial charge in [-0.3, -0.25) is 4.79 Å². The molecule has 0 saturated carbocycles. The first-order chi connectivity index (χ1) is 22.6. The van der Waals surface area contributed by atoms with Crippen LogP contribution in [0.15, 0.2) is 77.0 Å². The van der Waals surface area contributed by atoms with Crippen LogP contribution in [-0.2, 0) is 20.9 Å². The number of esters is 1. The van der Waals surface area contributed by atoms with Gasteiger partial charge >= 0.3 is 12.0 Å². The molecule has 0 radical (unpaired) electrons. The number of allylic oxidation sites excluding steroid dienone is 1. The summed E-state index contributed by atoms with van der Waals surface area (Å²) in [5.74, 6) is -0.453. The number of fused-ring (bicyclic) bond motifs is 1. The van der Waals surface area contributed by atoms with Crippen molar-refractivity contribution in [2.45, 2.75) is 33.4 Å². The smallest absolute Gasteiger partial charge is 0.338 e. The van der Waals surface area contributed by atoms with Crippen molar-refractivity contribution in [2.75, 3.05) is 20.3 Å². The molecule has 3 N–H and O–H groups in total. The number of carbonyl (C=O) groups is 3. The number of amides is 3. The normalized spacial score (nSPS) is 14.6. The first kappa shape index (κ1) is 33.4. The Bertz CT molecular complexity index is 1920. The highest BCUT2D eigenvalue weighted by Crippen LogP contribution is 2.35. The lowest BCUT2D eigenvalue weighted by Gasteiger charge is -2.28. The first-order valence-corrected chi connectivity index (χ1v) is 15.5. The molecule has 0 spiro atoms. The van der Waals surface area contributed by atoms with Crippen LogP contribution in [0.1, 0.15) is 42.3 Å². The van der Waals surface area contributed by atoms with Crippen LogP contribution in [0, 0.1) is 6.92 Å². The highest BCUT2D eigenvalue weighted by molar-refractivity contribution is 6.35. The minimum absolute atomic E-state index is 0.182. The number of aromatic nitrogens is 1. The predicted molar refractivity (Wildman–Crippen MR) is 180 cm³/mol. The van der Waals surface area contributed by atoms with Gasteiger partial charge in [-0.25, -0.2) is 15.0 Å². The molecule has 13 heteroatoms.